The van der Waals surface area contributed by atoms with Crippen LogP contribution in [0.2, 0.25) is 0 Å². The van der Waals surface area contributed by atoms with Crippen LogP contribution in [0.4, 0.5) is 0 Å². The summed E-state index contributed by atoms with van der Waals surface area (Å²) in [5, 5.41) is 0. The second-order valence-electron chi connectivity index (χ2n) is 4.54. The SMILES string of the molecule is CC(=O)[C@]1(C/C=C/c2ccccc2)CCOC1=O. The van der Waals surface area contributed by atoms with Crippen molar-refractivity contribution in [1.82, 2.24) is 0 Å². The van der Waals surface area contributed by atoms with Gasteiger partial charge in [0.25, 0.3) is 0 Å². The van der Waals surface area contributed by atoms with Crippen molar-refractivity contribution < 1.29 is 14.3 Å². The van der Waals surface area contributed by atoms with E-state index in [2.05, 4.69) is 0 Å². The normalized spacial score (nSPS) is 23.3. The van der Waals surface area contributed by atoms with Gasteiger partial charge in [0.1, 0.15) is 11.2 Å². The maximum absolute atomic E-state index is 11.7. The Morgan fingerprint density at radius 2 is 2.11 bits per heavy atom. The number of Topliss-reactive ketones (excluding diaryl/α,β-unsaturated/α-hetero) is 1. The van der Waals surface area contributed by atoms with Crippen LogP contribution in [0.3, 0.4) is 0 Å². The van der Waals surface area contributed by atoms with Gasteiger partial charge in [0.05, 0.1) is 6.61 Å². The van der Waals surface area contributed by atoms with Gasteiger partial charge in [-0.1, -0.05) is 42.5 Å². The molecule has 1 fully saturated rings. The van der Waals surface area contributed by atoms with E-state index in [4.69, 9.17) is 4.74 Å². The first-order valence-electron chi connectivity index (χ1n) is 6.05. The number of rotatable bonds is 4. The highest BCUT2D eigenvalue weighted by atomic mass is 16.5. The third kappa shape index (κ3) is 2.35. The van der Waals surface area contributed by atoms with E-state index in [-0.39, 0.29) is 11.8 Å². The number of allylic oxidation sites excluding steroid dienone is 1. The summed E-state index contributed by atoms with van der Waals surface area (Å²) in [4.78, 5) is 23.4. The van der Waals surface area contributed by atoms with E-state index in [0.29, 0.717) is 19.4 Å². The lowest BCUT2D eigenvalue weighted by Crippen LogP contribution is -2.33. The Morgan fingerprint density at radius 1 is 1.39 bits per heavy atom. The van der Waals surface area contributed by atoms with E-state index in [1.54, 1.807) is 0 Å². The monoisotopic (exact) mass is 244 g/mol. The van der Waals surface area contributed by atoms with Gasteiger partial charge in [-0.25, -0.2) is 0 Å². The third-order valence-electron chi connectivity index (χ3n) is 3.40. The molecule has 3 heteroatoms. The van der Waals surface area contributed by atoms with Gasteiger partial charge < -0.3 is 4.74 Å². The van der Waals surface area contributed by atoms with E-state index in [1.165, 1.54) is 6.92 Å². The predicted molar refractivity (Wildman–Crippen MR) is 68.8 cm³/mol. The minimum absolute atomic E-state index is 0.109. The summed E-state index contributed by atoms with van der Waals surface area (Å²) in [5.41, 5.74) is 0.105. The first-order valence-corrected chi connectivity index (χ1v) is 6.05. The zero-order chi connectivity index (χ0) is 13.0. The fourth-order valence-electron chi connectivity index (χ4n) is 2.17. The quantitative estimate of drug-likeness (QED) is 0.604. The minimum Gasteiger partial charge on any atom is -0.465 e. The van der Waals surface area contributed by atoms with Crippen molar-refractivity contribution in [2.24, 2.45) is 5.41 Å². The maximum atomic E-state index is 11.7. The first-order chi connectivity index (χ1) is 8.65. The molecule has 1 saturated heterocycles. The second-order valence-corrected chi connectivity index (χ2v) is 4.54. The fraction of sp³-hybridized carbons (Fsp3) is 0.333. The lowest BCUT2D eigenvalue weighted by molar-refractivity contribution is -0.150. The van der Waals surface area contributed by atoms with Crippen LogP contribution in [-0.2, 0) is 14.3 Å². The summed E-state index contributed by atoms with van der Waals surface area (Å²) in [6, 6.07) is 9.80. The zero-order valence-electron chi connectivity index (χ0n) is 10.4. The van der Waals surface area contributed by atoms with Crippen LogP contribution in [0, 0.1) is 5.41 Å². The molecule has 1 atom stereocenters. The number of carbonyl (C=O) groups is 2. The maximum Gasteiger partial charge on any atom is 0.320 e. The Hall–Kier alpha value is -1.90. The van der Waals surface area contributed by atoms with Crippen LogP contribution in [0.25, 0.3) is 6.08 Å². The molecule has 18 heavy (non-hydrogen) atoms. The van der Waals surface area contributed by atoms with Crippen molar-refractivity contribution >= 4 is 17.8 Å². The molecule has 1 aliphatic rings. The Kier molecular flexibility index (Phi) is 3.60. The first kappa shape index (κ1) is 12.6. The number of hydrogen-bond donors (Lipinski definition) is 0. The number of ketones is 1. The zero-order valence-corrected chi connectivity index (χ0v) is 10.4. The summed E-state index contributed by atoms with van der Waals surface area (Å²) in [5.74, 6) is -0.490. The molecule has 1 aliphatic heterocycles. The van der Waals surface area contributed by atoms with Crippen molar-refractivity contribution in [2.45, 2.75) is 19.8 Å². The van der Waals surface area contributed by atoms with E-state index >= 15 is 0 Å². The molecule has 0 N–H and O–H groups in total. The summed E-state index contributed by atoms with van der Waals surface area (Å²) in [6.45, 7) is 1.81. The molecule has 2 rings (SSSR count). The molecule has 0 amide bonds. The Bertz CT molecular complexity index is 476. The lowest BCUT2D eigenvalue weighted by atomic mass is 9.79. The number of hydrogen-bond acceptors (Lipinski definition) is 3. The summed E-state index contributed by atoms with van der Waals surface area (Å²) < 4.78 is 4.94. The van der Waals surface area contributed by atoms with Crippen LogP contribution in [-0.4, -0.2) is 18.4 Å². The smallest absolute Gasteiger partial charge is 0.320 e. The summed E-state index contributed by atoms with van der Waals surface area (Å²) >= 11 is 0. The van der Waals surface area contributed by atoms with Crippen molar-refractivity contribution in [3.63, 3.8) is 0 Å². The van der Waals surface area contributed by atoms with Crippen molar-refractivity contribution in [3.05, 3.63) is 42.0 Å². The molecule has 1 heterocycles. The average Bonchev–Trinajstić information content (AvgIpc) is 2.73. The Balaban J connectivity index is 2.10. The van der Waals surface area contributed by atoms with Gasteiger partial charge in [0, 0.05) is 6.42 Å². The third-order valence-corrected chi connectivity index (χ3v) is 3.40. The van der Waals surface area contributed by atoms with Crippen LogP contribution >= 0.6 is 0 Å². The van der Waals surface area contributed by atoms with Gasteiger partial charge in [-0.2, -0.15) is 0 Å². The number of esters is 1. The Labute approximate surface area is 106 Å². The Morgan fingerprint density at radius 3 is 2.67 bits per heavy atom. The van der Waals surface area contributed by atoms with Gasteiger partial charge >= 0.3 is 5.97 Å². The molecule has 1 aromatic rings. The largest absolute Gasteiger partial charge is 0.465 e. The summed E-state index contributed by atoms with van der Waals surface area (Å²) in [6.07, 6.45) is 4.70. The molecule has 0 spiro atoms. The molecule has 0 aromatic heterocycles. The molecule has 0 unspecified atom stereocenters. The molecule has 0 saturated carbocycles. The van der Waals surface area contributed by atoms with Crippen molar-refractivity contribution in [3.8, 4) is 0 Å². The molecular weight excluding hydrogens is 228 g/mol. The van der Waals surface area contributed by atoms with Crippen LogP contribution in [0.1, 0.15) is 25.3 Å². The number of carbonyl (C=O) groups excluding carboxylic acids is 2. The van der Waals surface area contributed by atoms with Crippen LogP contribution in [0.5, 0.6) is 0 Å². The molecule has 0 bridgehead atoms. The molecule has 1 aromatic carbocycles. The van der Waals surface area contributed by atoms with E-state index in [0.717, 1.165) is 5.56 Å². The fourth-order valence-corrected chi connectivity index (χ4v) is 2.17. The van der Waals surface area contributed by atoms with Crippen LogP contribution in [0.15, 0.2) is 36.4 Å². The lowest BCUT2D eigenvalue weighted by Gasteiger charge is -2.18. The molecule has 0 radical (unpaired) electrons. The van der Waals surface area contributed by atoms with Gasteiger partial charge in [0.2, 0.25) is 0 Å². The van der Waals surface area contributed by atoms with Crippen molar-refractivity contribution in [2.75, 3.05) is 6.61 Å². The highest BCUT2D eigenvalue weighted by Crippen LogP contribution is 2.35. The van der Waals surface area contributed by atoms with Crippen molar-refractivity contribution in [1.29, 1.82) is 0 Å². The molecule has 0 aliphatic carbocycles. The molecule has 94 valence electrons. The molecular formula is C15H16O3. The van der Waals surface area contributed by atoms with Gasteiger partial charge in [0.15, 0.2) is 0 Å². The van der Waals surface area contributed by atoms with E-state index in [9.17, 15) is 9.59 Å². The topological polar surface area (TPSA) is 43.4 Å². The van der Waals surface area contributed by atoms with Gasteiger partial charge in [-0.3, -0.25) is 9.59 Å². The van der Waals surface area contributed by atoms with Crippen LogP contribution < -0.4 is 0 Å². The second kappa shape index (κ2) is 5.17. The highest BCUT2D eigenvalue weighted by Gasteiger charge is 2.47. The number of cyclic esters (lactones) is 1. The standard InChI is InChI=1S/C15H16O3/c1-12(16)15(10-11-18-14(15)17)9-5-8-13-6-3-2-4-7-13/h2-8H,9-11H2,1H3/b8-5+/t15-/m0/s1. The average molecular weight is 244 g/mol. The van der Waals surface area contributed by atoms with E-state index in [1.807, 2.05) is 42.5 Å². The number of ether oxygens (including phenoxy) is 1. The van der Waals surface area contributed by atoms with E-state index < -0.39 is 5.41 Å². The predicted octanol–water partition coefficient (Wildman–Crippen LogP) is 2.61. The minimum atomic E-state index is -0.953. The highest BCUT2D eigenvalue weighted by molar-refractivity contribution is 6.03. The summed E-state index contributed by atoms with van der Waals surface area (Å²) in [7, 11) is 0. The number of benzene rings is 1. The molecule has 3 nitrogen and oxygen atoms in total. The van der Waals surface area contributed by atoms with Gasteiger partial charge in [-0.05, 0) is 18.9 Å². The van der Waals surface area contributed by atoms with Gasteiger partial charge in [-0.15, -0.1) is 0 Å².